The molecule has 1 aliphatic carbocycles. The minimum atomic E-state index is -0.310. The predicted molar refractivity (Wildman–Crippen MR) is 157 cm³/mol. The third-order valence-corrected chi connectivity index (χ3v) is 8.23. The van der Waals surface area contributed by atoms with E-state index in [-0.39, 0.29) is 17.5 Å². The van der Waals surface area contributed by atoms with E-state index in [0.29, 0.717) is 49.6 Å². The van der Waals surface area contributed by atoms with Crippen LogP contribution in [0.3, 0.4) is 0 Å². The Hall–Kier alpha value is -3.49. The number of ether oxygens (including phenoxy) is 2. The summed E-state index contributed by atoms with van der Waals surface area (Å²) in [4.78, 5) is 31.8. The molecular weight excluding hydrogens is 534 g/mol. The zero-order chi connectivity index (χ0) is 27.4. The summed E-state index contributed by atoms with van der Waals surface area (Å²) in [5, 5.41) is 4.74. The number of nitrogens with zero attached hydrogens (tertiary/aromatic N) is 2. The van der Waals surface area contributed by atoms with E-state index >= 15 is 0 Å². The van der Waals surface area contributed by atoms with Gasteiger partial charge in [0.1, 0.15) is 0 Å². The van der Waals surface area contributed by atoms with Crippen molar-refractivity contribution < 1.29 is 14.3 Å². The molecule has 1 saturated carbocycles. The van der Waals surface area contributed by atoms with Crippen molar-refractivity contribution in [3.63, 3.8) is 0 Å². The maximum atomic E-state index is 13.8. The Morgan fingerprint density at radius 1 is 1.03 bits per heavy atom. The summed E-state index contributed by atoms with van der Waals surface area (Å²) in [6.07, 6.45) is 5.31. The molecule has 3 aromatic carbocycles. The number of rotatable bonds is 8. The summed E-state index contributed by atoms with van der Waals surface area (Å²) < 4.78 is 12.5. The molecule has 202 valence electrons. The van der Waals surface area contributed by atoms with E-state index in [4.69, 9.17) is 26.1 Å². The van der Waals surface area contributed by atoms with Crippen molar-refractivity contribution in [3.8, 4) is 11.5 Å². The Bertz CT molecular complexity index is 1570. The quantitative estimate of drug-likeness (QED) is 0.182. The second kappa shape index (κ2) is 12.1. The predicted octanol–water partition coefficient (Wildman–Crippen LogP) is 7.12. The minimum Gasteiger partial charge on any atom is -0.493 e. The van der Waals surface area contributed by atoms with Crippen molar-refractivity contribution in [1.29, 1.82) is 0 Å². The lowest BCUT2D eigenvalue weighted by Crippen LogP contribution is -2.29. The molecule has 0 aliphatic heterocycles. The number of carbonyl (C=O) groups is 1. The van der Waals surface area contributed by atoms with Gasteiger partial charge >= 0.3 is 0 Å². The third kappa shape index (κ3) is 6.07. The number of hydrogen-bond donors (Lipinski definition) is 1. The van der Waals surface area contributed by atoms with Gasteiger partial charge in [-0.15, -0.1) is 0 Å². The van der Waals surface area contributed by atoms with Crippen molar-refractivity contribution in [3.05, 3.63) is 87.2 Å². The van der Waals surface area contributed by atoms with E-state index in [1.165, 1.54) is 18.2 Å². The number of methoxy groups -OCH3 is 2. The first-order valence-corrected chi connectivity index (χ1v) is 14.3. The number of benzene rings is 3. The largest absolute Gasteiger partial charge is 0.493 e. The number of amides is 1. The number of thioether (sulfide) groups is 1. The summed E-state index contributed by atoms with van der Waals surface area (Å²) in [6, 6.07) is 18.1. The number of hydrogen-bond acceptors (Lipinski definition) is 6. The molecule has 1 N–H and O–H groups in total. The van der Waals surface area contributed by atoms with Crippen LogP contribution in [-0.2, 0) is 5.75 Å². The molecule has 0 spiro atoms. The van der Waals surface area contributed by atoms with Gasteiger partial charge in [-0.05, 0) is 60.9 Å². The lowest BCUT2D eigenvalue weighted by Gasteiger charge is -2.26. The van der Waals surface area contributed by atoms with Crippen LogP contribution in [0.2, 0.25) is 5.02 Å². The number of nitrogens with one attached hydrogen (secondary N) is 1. The van der Waals surface area contributed by atoms with Crippen LogP contribution in [-0.4, -0.2) is 29.7 Å². The molecule has 0 radical (unpaired) electrons. The molecule has 1 amide bonds. The first-order valence-electron chi connectivity index (χ1n) is 12.9. The molecular formula is C30H30ClN3O4S. The lowest BCUT2D eigenvalue weighted by molar-refractivity contribution is 0.102. The summed E-state index contributed by atoms with van der Waals surface area (Å²) in [5.74, 6) is 1.41. The monoisotopic (exact) mass is 563 g/mol. The van der Waals surface area contributed by atoms with E-state index in [1.54, 1.807) is 50.6 Å². The van der Waals surface area contributed by atoms with E-state index in [1.807, 2.05) is 28.8 Å². The van der Waals surface area contributed by atoms with Crippen LogP contribution in [0.25, 0.3) is 10.9 Å². The normalized spacial score (nSPS) is 13.8. The van der Waals surface area contributed by atoms with Gasteiger partial charge in [0.05, 0.1) is 25.1 Å². The van der Waals surface area contributed by atoms with E-state index in [0.717, 1.165) is 31.2 Å². The van der Waals surface area contributed by atoms with Crippen LogP contribution < -0.4 is 20.3 Å². The first-order chi connectivity index (χ1) is 19.0. The zero-order valence-corrected chi connectivity index (χ0v) is 23.5. The Labute approximate surface area is 236 Å². The fraction of sp³-hybridized carbons (Fsp3) is 0.300. The maximum absolute atomic E-state index is 13.8. The van der Waals surface area contributed by atoms with Crippen LogP contribution in [0.15, 0.2) is 70.6 Å². The van der Waals surface area contributed by atoms with Gasteiger partial charge in [-0.25, -0.2) is 4.98 Å². The topological polar surface area (TPSA) is 82.5 Å². The third-order valence-electron chi connectivity index (χ3n) is 6.97. The number of anilines is 1. The molecule has 1 aliphatic rings. The minimum absolute atomic E-state index is 0.0626. The van der Waals surface area contributed by atoms with E-state index < -0.39 is 0 Å². The maximum Gasteiger partial charge on any atom is 0.262 e. The van der Waals surface area contributed by atoms with Crippen molar-refractivity contribution in [2.24, 2.45) is 0 Å². The summed E-state index contributed by atoms with van der Waals surface area (Å²) in [5.41, 5.74) is 2.47. The lowest BCUT2D eigenvalue weighted by atomic mass is 9.95. The molecule has 0 unspecified atom stereocenters. The fourth-order valence-corrected chi connectivity index (χ4v) is 6.20. The highest BCUT2D eigenvalue weighted by molar-refractivity contribution is 7.98. The van der Waals surface area contributed by atoms with Gasteiger partial charge < -0.3 is 14.8 Å². The molecule has 0 bridgehead atoms. The number of aromatic nitrogens is 2. The zero-order valence-electron chi connectivity index (χ0n) is 21.9. The van der Waals surface area contributed by atoms with Crippen LogP contribution in [0, 0.1) is 0 Å². The average Bonchev–Trinajstić information content (AvgIpc) is 2.96. The molecule has 1 fully saturated rings. The summed E-state index contributed by atoms with van der Waals surface area (Å²) in [6.45, 7) is 0. The smallest absolute Gasteiger partial charge is 0.262 e. The van der Waals surface area contributed by atoms with Crippen molar-refractivity contribution in [1.82, 2.24) is 9.55 Å². The van der Waals surface area contributed by atoms with Crippen molar-refractivity contribution in [2.75, 3.05) is 19.5 Å². The molecule has 0 atom stereocenters. The molecule has 1 heterocycles. The summed E-state index contributed by atoms with van der Waals surface area (Å²) in [7, 11) is 3.10. The second-order valence-electron chi connectivity index (χ2n) is 9.54. The second-order valence-corrected chi connectivity index (χ2v) is 10.9. The molecule has 39 heavy (non-hydrogen) atoms. The Morgan fingerprint density at radius 2 is 1.82 bits per heavy atom. The molecule has 9 heteroatoms. The van der Waals surface area contributed by atoms with Gasteiger partial charge in [0.2, 0.25) is 0 Å². The van der Waals surface area contributed by atoms with Crippen molar-refractivity contribution in [2.45, 2.75) is 49.1 Å². The van der Waals surface area contributed by atoms with E-state index in [9.17, 15) is 9.59 Å². The van der Waals surface area contributed by atoms with Gasteiger partial charge in [-0.3, -0.25) is 14.2 Å². The van der Waals surface area contributed by atoms with Gasteiger partial charge in [0, 0.05) is 34.1 Å². The van der Waals surface area contributed by atoms with Gasteiger partial charge in [-0.2, -0.15) is 0 Å². The van der Waals surface area contributed by atoms with Crippen LogP contribution in [0.4, 0.5) is 5.69 Å². The van der Waals surface area contributed by atoms with E-state index in [2.05, 4.69) is 5.32 Å². The molecule has 7 nitrogen and oxygen atoms in total. The fourth-order valence-electron chi connectivity index (χ4n) is 4.97. The number of halogens is 1. The number of carbonyl (C=O) groups excluding carboxylic acids is 1. The van der Waals surface area contributed by atoms with Gasteiger partial charge in [-0.1, -0.05) is 54.8 Å². The van der Waals surface area contributed by atoms with Gasteiger partial charge in [0.25, 0.3) is 11.5 Å². The first kappa shape index (κ1) is 27.1. The van der Waals surface area contributed by atoms with Crippen LogP contribution in [0.5, 0.6) is 11.5 Å². The number of fused-ring (bicyclic) bond motifs is 1. The summed E-state index contributed by atoms with van der Waals surface area (Å²) >= 11 is 7.71. The highest BCUT2D eigenvalue weighted by Gasteiger charge is 2.22. The molecule has 0 saturated heterocycles. The van der Waals surface area contributed by atoms with Gasteiger partial charge in [0.15, 0.2) is 16.7 Å². The Morgan fingerprint density at radius 3 is 2.56 bits per heavy atom. The molecule has 4 aromatic rings. The van der Waals surface area contributed by atoms with Crippen molar-refractivity contribution >= 4 is 45.9 Å². The van der Waals surface area contributed by atoms with Crippen LogP contribution >= 0.6 is 23.4 Å². The highest BCUT2D eigenvalue weighted by Crippen LogP contribution is 2.33. The standard InChI is InChI=1S/C30H30ClN3O4S/c1-37-26-14-12-22(17-27(26)38-2)32-28(35)20-11-13-24-25(16-20)33-30(39-18-19-7-6-8-21(31)15-19)34(29(24)36)23-9-4-3-5-10-23/h6-8,11-17,23H,3-5,9-10,18H2,1-2H3,(H,32,35). The Kier molecular flexibility index (Phi) is 8.43. The Balaban J connectivity index is 1.48. The SMILES string of the molecule is COc1ccc(NC(=O)c2ccc3c(=O)n(C4CCCCC4)c(SCc4cccc(Cl)c4)nc3c2)cc1OC. The average molecular weight is 564 g/mol. The molecule has 1 aromatic heterocycles. The highest BCUT2D eigenvalue weighted by atomic mass is 35.5. The van der Waals surface area contributed by atoms with Crippen LogP contribution in [0.1, 0.15) is 54.1 Å². The molecule has 5 rings (SSSR count).